The summed E-state index contributed by atoms with van der Waals surface area (Å²) in [7, 11) is 0. The van der Waals surface area contributed by atoms with Crippen LogP contribution in [0.25, 0.3) is 0 Å². The highest BCUT2D eigenvalue weighted by Gasteiger charge is 2.26. The van der Waals surface area contributed by atoms with Crippen molar-refractivity contribution in [2.24, 2.45) is 5.92 Å². The van der Waals surface area contributed by atoms with E-state index in [1.54, 1.807) is 0 Å². The Hall–Kier alpha value is -0.590. The highest BCUT2D eigenvalue weighted by molar-refractivity contribution is 5.06. The molecule has 2 unspecified atom stereocenters. The highest BCUT2D eigenvalue weighted by atomic mass is 16.5. The van der Waals surface area contributed by atoms with E-state index in [0.29, 0.717) is 5.92 Å². The summed E-state index contributed by atoms with van der Waals surface area (Å²) in [5.41, 5.74) is -0.355. The molecule has 3 nitrogen and oxygen atoms in total. The maximum Gasteiger partial charge on any atom is 0.106 e. The van der Waals surface area contributed by atoms with Gasteiger partial charge in [0.1, 0.15) is 5.54 Å². The second kappa shape index (κ2) is 13.1. The molecule has 0 radical (unpaired) electrons. The van der Waals surface area contributed by atoms with Crippen LogP contribution >= 0.6 is 0 Å². The summed E-state index contributed by atoms with van der Waals surface area (Å²) in [6, 6.07) is 2.47. The molecule has 3 heteroatoms. The molecular formula is C18H36N2O. The molecule has 124 valence electrons. The van der Waals surface area contributed by atoms with Crippen LogP contribution in [-0.2, 0) is 4.74 Å². The molecule has 0 spiro atoms. The molecule has 0 saturated heterocycles. The Bertz CT molecular complexity index is 275. The molecule has 0 bridgehead atoms. The molecule has 21 heavy (non-hydrogen) atoms. The molecule has 0 fully saturated rings. The van der Waals surface area contributed by atoms with Crippen molar-refractivity contribution in [2.45, 2.75) is 84.6 Å². The van der Waals surface area contributed by atoms with Gasteiger partial charge in [0.15, 0.2) is 0 Å². The molecule has 0 aliphatic carbocycles. The summed E-state index contributed by atoms with van der Waals surface area (Å²) in [4.78, 5) is 0. The number of hydrogen-bond acceptors (Lipinski definition) is 3. The van der Waals surface area contributed by atoms with Crippen molar-refractivity contribution < 1.29 is 4.74 Å². The molecule has 0 aromatic heterocycles. The quantitative estimate of drug-likeness (QED) is 0.474. The van der Waals surface area contributed by atoms with Crippen LogP contribution in [0, 0.1) is 17.2 Å². The van der Waals surface area contributed by atoms with Crippen LogP contribution in [0.15, 0.2) is 0 Å². The highest BCUT2D eigenvalue weighted by Crippen LogP contribution is 2.17. The lowest BCUT2D eigenvalue weighted by atomic mass is 9.92. The van der Waals surface area contributed by atoms with Crippen LogP contribution < -0.4 is 5.32 Å². The predicted molar refractivity (Wildman–Crippen MR) is 90.3 cm³/mol. The third-order valence-corrected chi connectivity index (χ3v) is 4.32. The molecule has 1 N–H and O–H groups in total. The van der Waals surface area contributed by atoms with Crippen molar-refractivity contribution in [3.05, 3.63) is 0 Å². The summed E-state index contributed by atoms with van der Waals surface area (Å²) in [5, 5.41) is 12.8. The van der Waals surface area contributed by atoms with Gasteiger partial charge >= 0.3 is 0 Å². The van der Waals surface area contributed by atoms with E-state index >= 15 is 0 Å². The van der Waals surface area contributed by atoms with Gasteiger partial charge in [0.25, 0.3) is 0 Å². The minimum absolute atomic E-state index is 0.355. The van der Waals surface area contributed by atoms with E-state index in [-0.39, 0.29) is 5.54 Å². The van der Waals surface area contributed by atoms with Crippen molar-refractivity contribution in [3.8, 4) is 6.07 Å². The average Bonchev–Trinajstić information content (AvgIpc) is 2.53. The molecule has 2 atom stereocenters. The second-order valence-corrected chi connectivity index (χ2v) is 6.07. The fourth-order valence-corrected chi connectivity index (χ4v) is 2.55. The Kier molecular flexibility index (Phi) is 12.7. The van der Waals surface area contributed by atoms with Crippen molar-refractivity contribution in [3.63, 3.8) is 0 Å². The lowest BCUT2D eigenvalue weighted by Gasteiger charge is -2.26. The smallest absolute Gasteiger partial charge is 0.106 e. The van der Waals surface area contributed by atoms with Gasteiger partial charge in [0.2, 0.25) is 0 Å². The van der Waals surface area contributed by atoms with Crippen LogP contribution in [0.5, 0.6) is 0 Å². The lowest BCUT2D eigenvalue weighted by Crippen LogP contribution is -2.44. The van der Waals surface area contributed by atoms with E-state index in [1.165, 1.54) is 25.7 Å². The van der Waals surface area contributed by atoms with Gasteiger partial charge in [-0.05, 0) is 44.6 Å². The van der Waals surface area contributed by atoms with Gasteiger partial charge in [0, 0.05) is 13.2 Å². The molecule has 0 aromatic carbocycles. The van der Waals surface area contributed by atoms with Crippen molar-refractivity contribution in [1.82, 2.24) is 5.32 Å². The van der Waals surface area contributed by atoms with Crippen LogP contribution in [0.3, 0.4) is 0 Å². The van der Waals surface area contributed by atoms with Crippen LogP contribution in [0.2, 0.25) is 0 Å². The Labute approximate surface area is 132 Å². The zero-order valence-electron chi connectivity index (χ0n) is 14.7. The summed E-state index contributed by atoms with van der Waals surface area (Å²) in [6.07, 6.45) is 8.81. The maximum atomic E-state index is 9.43. The predicted octanol–water partition coefficient (Wildman–Crippen LogP) is 4.67. The molecule has 0 saturated carbocycles. The molecule has 0 aliphatic rings. The standard InChI is InChI=1S/C18H36N2O/c1-5-9-11-17(7-3)15-21-14-10-12-18(8-4,16-19)20-13-6-2/h17,20H,5-15H2,1-4H3. The summed E-state index contributed by atoms with van der Waals surface area (Å²) in [6.45, 7) is 11.3. The van der Waals surface area contributed by atoms with Gasteiger partial charge in [-0.15, -0.1) is 0 Å². The number of hydrogen-bond donors (Lipinski definition) is 1. The fraction of sp³-hybridized carbons (Fsp3) is 0.944. The van der Waals surface area contributed by atoms with E-state index in [2.05, 4.69) is 39.1 Å². The normalized spacial score (nSPS) is 15.4. The van der Waals surface area contributed by atoms with E-state index in [4.69, 9.17) is 4.74 Å². The Morgan fingerprint density at radius 2 is 1.90 bits per heavy atom. The van der Waals surface area contributed by atoms with Gasteiger partial charge in [-0.25, -0.2) is 0 Å². The number of rotatable bonds is 14. The van der Waals surface area contributed by atoms with Crippen molar-refractivity contribution in [2.75, 3.05) is 19.8 Å². The first-order chi connectivity index (χ1) is 10.2. The van der Waals surface area contributed by atoms with Crippen LogP contribution in [0.1, 0.15) is 79.1 Å². The van der Waals surface area contributed by atoms with E-state index in [9.17, 15) is 5.26 Å². The van der Waals surface area contributed by atoms with Crippen molar-refractivity contribution >= 4 is 0 Å². The summed E-state index contributed by atoms with van der Waals surface area (Å²) >= 11 is 0. The third kappa shape index (κ3) is 9.11. The molecule has 0 amide bonds. The van der Waals surface area contributed by atoms with Gasteiger partial charge in [0.05, 0.1) is 6.07 Å². The zero-order valence-corrected chi connectivity index (χ0v) is 14.7. The first-order valence-corrected chi connectivity index (χ1v) is 8.91. The number of nitrogens with one attached hydrogen (secondary N) is 1. The topological polar surface area (TPSA) is 45.0 Å². The molecular weight excluding hydrogens is 260 g/mol. The maximum absolute atomic E-state index is 9.43. The molecule has 0 rings (SSSR count). The number of unbranched alkanes of at least 4 members (excludes halogenated alkanes) is 1. The van der Waals surface area contributed by atoms with Crippen LogP contribution in [0.4, 0.5) is 0 Å². The molecule has 0 aromatic rings. The van der Waals surface area contributed by atoms with E-state index < -0.39 is 0 Å². The first-order valence-electron chi connectivity index (χ1n) is 8.91. The lowest BCUT2D eigenvalue weighted by molar-refractivity contribution is 0.0876. The largest absolute Gasteiger partial charge is 0.381 e. The number of ether oxygens (including phenoxy) is 1. The Morgan fingerprint density at radius 1 is 1.14 bits per heavy atom. The van der Waals surface area contributed by atoms with E-state index in [1.807, 2.05) is 0 Å². The van der Waals surface area contributed by atoms with Gasteiger partial charge < -0.3 is 4.74 Å². The number of nitrogens with zero attached hydrogens (tertiary/aromatic N) is 1. The van der Waals surface area contributed by atoms with Crippen LogP contribution in [-0.4, -0.2) is 25.3 Å². The summed E-state index contributed by atoms with van der Waals surface area (Å²) < 4.78 is 5.84. The average molecular weight is 296 g/mol. The minimum Gasteiger partial charge on any atom is -0.381 e. The van der Waals surface area contributed by atoms with Gasteiger partial charge in [-0.1, -0.05) is 47.0 Å². The third-order valence-electron chi connectivity index (χ3n) is 4.32. The van der Waals surface area contributed by atoms with Gasteiger partial charge in [-0.2, -0.15) is 5.26 Å². The van der Waals surface area contributed by atoms with E-state index in [0.717, 1.165) is 45.4 Å². The first kappa shape index (κ1) is 20.4. The SMILES string of the molecule is CCCCC(CC)COCCCC(C#N)(CC)NCCC. The van der Waals surface area contributed by atoms with Gasteiger partial charge in [-0.3, -0.25) is 5.32 Å². The monoisotopic (exact) mass is 296 g/mol. The molecule has 0 aliphatic heterocycles. The Morgan fingerprint density at radius 3 is 2.43 bits per heavy atom. The fourth-order valence-electron chi connectivity index (χ4n) is 2.55. The molecule has 0 heterocycles. The Balaban J connectivity index is 3.92. The summed E-state index contributed by atoms with van der Waals surface area (Å²) in [5.74, 6) is 0.704. The second-order valence-electron chi connectivity index (χ2n) is 6.07. The number of nitriles is 1. The minimum atomic E-state index is -0.355. The van der Waals surface area contributed by atoms with Crippen molar-refractivity contribution in [1.29, 1.82) is 5.26 Å². The zero-order chi connectivity index (χ0) is 16.0.